The van der Waals surface area contributed by atoms with Gasteiger partial charge in [-0.15, -0.1) is 0 Å². The van der Waals surface area contributed by atoms with Crippen LogP contribution in [0.15, 0.2) is 23.1 Å². The lowest BCUT2D eigenvalue weighted by Gasteiger charge is -2.10. The summed E-state index contributed by atoms with van der Waals surface area (Å²) in [4.78, 5) is 11.7. The van der Waals surface area contributed by atoms with Gasteiger partial charge in [-0.1, -0.05) is 18.9 Å². The van der Waals surface area contributed by atoms with E-state index in [2.05, 4.69) is 0 Å². The number of aromatic carboxylic acids is 1. The number of aryl methyl sites for hydroxylation is 1. The first kappa shape index (κ1) is 12.3. The molecule has 3 nitrogen and oxygen atoms in total. The van der Waals surface area contributed by atoms with E-state index in [0.717, 1.165) is 25.7 Å². The van der Waals surface area contributed by atoms with Crippen LogP contribution < -0.4 is 0 Å². The summed E-state index contributed by atoms with van der Waals surface area (Å²) in [5, 5.41) is 9.25. The van der Waals surface area contributed by atoms with E-state index in [1.54, 1.807) is 25.1 Å². The third kappa shape index (κ3) is 2.57. The van der Waals surface area contributed by atoms with Gasteiger partial charge in [0.05, 0.1) is 16.4 Å². The van der Waals surface area contributed by atoms with Gasteiger partial charge in [0.25, 0.3) is 0 Å². The fraction of sp³-hybridized carbons (Fsp3) is 0.462. The molecule has 0 heterocycles. The molecule has 1 aliphatic carbocycles. The SMILES string of the molecule is Cc1ccc(S(=O)C2CCCC2)cc1C(=O)O. The smallest absolute Gasteiger partial charge is 0.335 e. The maximum absolute atomic E-state index is 12.3. The predicted molar refractivity (Wildman–Crippen MR) is 66.8 cm³/mol. The molecule has 92 valence electrons. The molecule has 0 aliphatic heterocycles. The summed E-state index contributed by atoms with van der Waals surface area (Å²) in [6.07, 6.45) is 4.24. The molecule has 1 aromatic carbocycles. The van der Waals surface area contributed by atoms with Crippen LogP contribution in [-0.2, 0) is 10.8 Å². The highest BCUT2D eigenvalue weighted by Crippen LogP contribution is 2.27. The molecule has 1 atom stereocenters. The summed E-state index contributed by atoms with van der Waals surface area (Å²) in [7, 11) is -1.06. The highest BCUT2D eigenvalue weighted by atomic mass is 32.2. The maximum atomic E-state index is 12.3. The average molecular weight is 252 g/mol. The Balaban J connectivity index is 2.29. The van der Waals surface area contributed by atoms with Crippen molar-refractivity contribution in [1.29, 1.82) is 0 Å². The molecule has 4 heteroatoms. The van der Waals surface area contributed by atoms with Crippen molar-refractivity contribution in [2.24, 2.45) is 0 Å². The topological polar surface area (TPSA) is 54.4 Å². The Hall–Kier alpha value is -1.16. The van der Waals surface area contributed by atoms with Crippen molar-refractivity contribution < 1.29 is 14.1 Å². The number of benzene rings is 1. The number of rotatable bonds is 3. The highest BCUT2D eigenvalue weighted by molar-refractivity contribution is 7.85. The normalized spacial score (nSPS) is 18.2. The summed E-state index contributed by atoms with van der Waals surface area (Å²) in [5.41, 5.74) is 0.971. The van der Waals surface area contributed by atoms with Crippen LogP contribution in [0.5, 0.6) is 0 Å². The van der Waals surface area contributed by atoms with E-state index < -0.39 is 16.8 Å². The minimum atomic E-state index is -1.06. The molecule has 1 N–H and O–H groups in total. The summed E-state index contributed by atoms with van der Waals surface area (Å²) >= 11 is 0. The third-order valence-corrected chi connectivity index (χ3v) is 5.07. The van der Waals surface area contributed by atoms with Crippen molar-refractivity contribution in [1.82, 2.24) is 0 Å². The van der Waals surface area contributed by atoms with E-state index in [4.69, 9.17) is 5.11 Å². The third-order valence-electron chi connectivity index (χ3n) is 3.28. The maximum Gasteiger partial charge on any atom is 0.335 e. The molecule has 0 radical (unpaired) electrons. The number of hydrogen-bond acceptors (Lipinski definition) is 2. The molecule has 1 saturated carbocycles. The van der Waals surface area contributed by atoms with E-state index in [1.165, 1.54) is 0 Å². The second-order valence-corrected chi connectivity index (χ2v) is 6.22. The van der Waals surface area contributed by atoms with Gasteiger partial charge in [-0.05, 0) is 37.5 Å². The first-order valence-corrected chi connectivity index (χ1v) is 7.05. The van der Waals surface area contributed by atoms with E-state index in [9.17, 15) is 9.00 Å². The first-order chi connectivity index (χ1) is 8.09. The monoisotopic (exact) mass is 252 g/mol. The van der Waals surface area contributed by atoms with Crippen molar-refractivity contribution in [2.75, 3.05) is 0 Å². The Labute approximate surface area is 103 Å². The standard InChI is InChI=1S/C13H16O3S/c1-9-6-7-11(8-12(9)13(14)15)17(16)10-4-2-3-5-10/h6-8,10H,2-5H2,1H3,(H,14,15). The fourth-order valence-corrected chi connectivity index (χ4v) is 3.83. The summed E-state index contributed by atoms with van der Waals surface area (Å²) in [6.45, 7) is 1.76. The Kier molecular flexibility index (Phi) is 3.62. The van der Waals surface area contributed by atoms with Gasteiger partial charge >= 0.3 is 5.97 Å². The average Bonchev–Trinajstić information content (AvgIpc) is 2.81. The molecule has 0 spiro atoms. The zero-order chi connectivity index (χ0) is 12.4. The molecule has 1 unspecified atom stereocenters. The van der Waals surface area contributed by atoms with Crippen molar-refractivity contribution in [3.05, 3.63) is 29.3 Å². The molecule has 0 bridgehead atoms. The summed E-state index contributed by atoms with van der Waals surface area (Å²) in [6, 6.07) is 5.09. The van der Waals surface area contributed by atoms with Crippen molar-refractivity contribution in [3.63, 3.8) is 0 Å². The molecule has 0 aromatic heterocycles. The van der Waals surface area contributed by atoms with Gasteiger partial charge in [0, 0.05) is 10.1 Å². The van der Waals surface area contributed by atoms with Gasteiger partial charge in [-0.25, -0.2) is 4.79 Å². The molecular formula is C13H16O3S. The minimum absolute atomic E-state index is 0.208. The van der Waals surface area contributed by atoms with Gasteiger partial charge in [0.15, 0.2) is 0 Å². The quantitative estimate of drug-likeness (QED) is 0.900. The van der Waals surface area contributed by atoms with Crippen molar-refractivity contribution in [2.45, 2.75) is 42.8 Å². The van der Waals surface area contributed by atoms with E-state index in [-0.39, 0.29) is 10.8 Å². The van der Waals surface area contributed by atoms with E-state index in [1.807, 2.05) is 0 Å². The van der Waals surface area contributed by atoms with Crippen LogP contribution in [0.1, 0.15) is 41.6 Å². The van der Waals surface area contributed by atoms with Gasteiger partial charge in [0.2, 0.25) is 0 Å². The van der Waals surface area contributed by atoms with E-state index in [0.29, 0.717) is 10.5 Å². The van der Waals surface area contributed by atoms with Gasteiger partial charge in [0.1, 0.15) is 0 Å². The highest BCUT2D eigenvalue weighted by Gasteiger charge is 2.23. The first-order valence-electron chi connectivity index (χ1n) is 5.84. The molecule has 1 aliphatic rings. The fourth-order valence-electron chi connectivity index (χ4n) is 2.25. The lowest BCUT2D eigenvalue weighted by atomic mass is 10.1. The Morgan fingerprint density at radius 2 is 2.00 bits per heavy atom. The van der Waals surface area contributed by atoms with Gasteiger partial charge in [-0.2, -0.15) is 0 Å². The molecule has 1 aromatic rings. The molecule has 0 amide bonds. The van der Waals surface area contributed by atoms with Crippen LogP contribution in [0.25, 0.3) is 0 Å². The lowest BCUT2D eigenvalue weighted by molar-refractivity contribution is 0.0696. The second-order valence-electron chi connectivity index (χ2n) is 4.49. The Morgan fingerprint density at radius 3 is 2.59 bits per heavy atom. The van der Waals surface area contributed by atoms with Crippen molar-refractivity contribution in [3.8, 4) is 0 Å². The summed E-state index contributed by atoms with van der Waals surface area (Å²) < 4.78 is 12.3. The van der Waals surface area contributed by atoms with Crippen LogP contribution in [-0.4, -0.2) is 20.5 Å². The zero-order valence-corrected chi connectivity index (χ0v) is 10.6. The Morgan fingerprint density at radius 1 is 1.35 bits per heavy atom. The zero-order valence-electron chi connectivity index (χ0n) is 9.81. The molecule has 1 fully saturated rings. The molecule has 0 saturated heterocycles. The number of carbonyl (C=O) groups is 1. The molecule has 17 heavy (non-hydrogen) atoms. The van der Waals surface area contributed by atoms with E-state index >= 15 is 0 Å². The molecule has 2 rings (SSSR count). The minimum Gasteiger partial charge on any atom is -0.478 e. The predicted octanol–water partition coefficient (Wildman–Crippen LogP) is 2.74. The van der Waals surface area contributed by atoms with Crippen LogP contribution in [0, 0.1) is 6.92 Å². The molecular weight excluding hydrogens is 236 g/mol. The van der Waals surface area contributed by atoms with Crippen LogP contribution in [0.2, 0.25) is 0 Å². The van der Waals surface area contributed by atoms with Crippen LogP contribution >= 0.6 is 0 Å². The number of hydrogen-bond donors (Lipinski definition) is 1. The van der Waals surface area contributed by atoms with Crippen molar-refractivity contribution >= 4 is 16.8 Å². The van der Waals surface area contributed by atoms with Gasteiger partial charge in [-0.3, -0.25) is 4.21 Å². The van der Waals surface area contributed by atoms with Crippen LogP contribution in [0.3, 0.4) is 0 Å². The number of carboxylic acids is 1. The summed E-state index contributed by atoms with van der Waals surface area (Å²) in [5.74, 6) is -0.951. The lowest BCUT2D eigenvalue weighted by Crippen LogP contribution is -2.11. The second kappa shape index (κ2) is 5.00. The van der Waals surface area contributed by atoms with Gasteiger partial charge < -0.3 is 5.11 Å². The Bertz CT molecular complexity index is 462. The number of carboxylic acid groups (broad SMARTS) is 1. The van der Waals surface area contributed by atoms with Crippen LogP contribution in [0.4, 0.5) is 0 Å². The largest absolute Gasteiger partial charge is 0.478 e.